The average molecular weight is 360 g/mol. The highest BCUT2D eigenvalue weighted by molar-refractivity contribution is 7.89. The molecule has 2 aromatic carbocycles. The van der Waals surface area contributed by atoms with Gasteiger partial charge in [-0.1, -0.05) is 38.1 Å². The normalized spacial score (nSPS) is 12.8. The van der Waals surface area contributed by atoms with Crippen LogP contribution in [0.15, 0.2) is 53.4 Å². The standard InChI is InChI=1S/C19H24N2O3S/c1-13(2)14(3)21-25(23,24)19-11-7-17(8-12-19)16-5-9-18(10-6-16)20-15(4)22/h5-14,21H,1-4H3,(H,20,22). The Bertz CT molecular complexity index is 826. The van der Waals surface area contributed by atoms with E-state index < -0.39 is 10.0 Å². The SMILES string of the molecule is CC(=O)Nc1ccc(-c2ccc(S(=O)(=O)NC(C)C(C)C)cc2)cc1. The van der Waals surface area contributed by atoms with Gasteiger partial charge in [-0.05, 0) is 48.2 Å². The number of carbonyl (C=O) groups is 1. The van der Waals surface area contributed by atoms with Crippen LogP contribution in [0.4, 0.5) is 5.69 Å². The third-order valence-electron chi connectivity index (χ3n) is 4.04. The van der Waals surface area contributed by atoms with Crippen molar-refractivity contribution in [2.45, 2.75) is 38.6 Å². The van der Waals surface area contributed by atoms with Crippen molar-refractivity contribution in [3.05, 3.63) is 48.5 Å². The number of anilines is 1. The van der Waals surface area contributed by atoms with Crippen molar-refractivity contribution in [3.63, 3.8) is 0 Å². The first kappa shape index (κ1) is 19.1. The minimum atomic E-state index is -3.52. The van der Waals surface area contributed by atoms with Crippen molar-refractivity contribution in [2.75, 3.05) is 5.32 Å². The van der Waals surface area contributed by atoms with Crippen molar-refractivity contribution in [1.29, 1.82) is 0 Å². The molecular weight excluding hydrogens is 336 g/mol. The summed E-state index contributed by atoms with van der Waals surface area (Å²) in [5.41, 5.74) is 2.58. The monoisotopic (exact) mass is 360 g/mol. The topological polar surface area (TPSA) is 75.3 Å². The lowest BCUT2D eigenvalue weighted by Crippen LogP contribution is -2.36. The molecule has 2 aromatic rings. The quantitative estimate of drug-likeness (QED) is 0.826. The largest absolute Gasteiger partial charge is 0.326 e. The molecule has 1 atom stereocenters. The van der Waals surface area contributed by atoms with Gasteiger partial charge in [0.2, 0.25) is 15.9 Å². The molecule has 0 aliphatic heterocycles. The van der Waals surface area contributed by atoms with Crippen LogP contribution in [-0.4, -0.2) is 20.4 Å². The van der Waals surface area contributed by atoms with E-state index in [-0.39, 0.29) is 22.8 Å². The molecule has 0 saturated heterocycles. The second-order valence-electron chi connectivity index (χ2n) is 6.44. The zero-order valence-electron chi connectivity index (χ0n) is 14.9. The molecule has 2 rings (SSSR count). The Kier molecular flexibility index (Phi) is 5.98. The van der Waals surface area contributed by atoms with Gasteiger partial charge in [-0.2, -0.15) is 0 Å². The Morgan fingerprint density at radius 3 is 1.80 bits per heavy atom. The molecule has 0 saturated carbocycles. The fourth-order valence-corrected chi connectivity index (χ4v) is 3.62. The van der Waals surface area contributed by atoms with E-state index in [2.05, 4.69) is 10.0 Å². The predicted molar refractivity (Wildman–Crippen MR) is 101 cm³/mol. The summed E-state index contributed by atoms with van der Waals surface area (Å²) in [6.07, 6.45) is 0. The number of sulfonamides is 1. The summed E-state index contributed by atoms with van der Waals surface area (Å²) in [5.74, 6) is 0.0987. The highest BCUT2D eigenvalue weighted by Crippen LogP contribution is 2.23. The van der Waals surface area contributed by atoms with Gasteiger partial charge < -0.3 is 5.32 Å². The van der Waals surface area contributed by atoms with Gasteiger partial charge >= 0.3 is 0 Å². The number of nitrogens with one attached hydrogen (secondary N) is 2. The van der Waals surface area contributed by atoms with Gasteiger partial charge in [0.1, 0.15) is 0 Å². The first-order valence-electron chi connectivity index (χ1n) is 8.19. The zero-order valence-corrected chi connectivity index (χ0v) is 15.7. The molecule has 0 aliphatic carbocycles. The highest BCUT2D eigenvalue weighted by Gasteiger charge is 2.19. The van der Waals surface area contributed by atoms with Crippen LogP contribution in [0.25, 0.3) is 11.1 Å². The van der Waals surface area contributed by atoms with Crippen molar-refractivity contribution >= 4 is 21.6 Å². The van der Waals surface area contributed by atoms with Crippen LogP contribution in [-0.2, 0) is 14.8 Å². The average Bonchev–Trinajstić information content (AvgIpc) is 2.54. The van der Waals surface area contributed by atoms with Gasteiger partial charge in [-0.25, -0.2) is 13.1 Å². The van der Waals surface area contributed by atoms with Gasteiger partial charge in [-0.15, -0.1) is 0 Å². The van der Waals surface area contributed by atoms with Gasteiger partial charge in [-0.3, -0.25) is 4.79 Å². The van der Waals surface area contributed by atoms with Crippen LogP contribution in [0.2, 0.25) is 0 Å². The Morgan fingerprint density at radius 1 is 0.880 bits per heavy atom. The lowest BCUT2D eigenvalue weighted by Gasteiger charge is -2.17. The Labute approximate surface area is 149 Å². The maximum Gasteiger partial charge on any atom is 0.240 e. The lowest BCUT2D eigenvalue weighted by atomic mass is 10.1. The van der Waals surface area contributed by atoms with E-state index >= 15 is 0 Å². The van der Waals surface area contributed by atoms with Crippen molar-refractivity contribution < 1.29 is 13.2 Å². The second kappa shape index (κ2) is 7.80. The predicted octanol–water partition coefficient (Wildman–Crippen LogP) is 3.63. The number of benzene rings is 2. The minimum absolute atomic E-state index is 0.120. The first-order chi connectivity index (χ1) is 11.7. The summed E-state index contributed by atoms with van der Waals surface area (Å²) in [4.78, 5) is 11.3. The third-order valence-corrected chi connectivity index (χ3v) is 5.62. The highest BCUT2D eigenvalue weighted by atomic mass is 32.2. The van der Waals surface area contributed by atoms with Gasteiger partial charge in [0.15, 0.2) is 0 Å². The molecular formula is C19H24N2O3S. The molecule has 0 aliphatic rings. The number of hydrogen-bond donors (Lipinski definition) is 2. The summed E-state index contributed by atoms with van der Waals surface area (Å²) in [7, 11) is -3.52. The number of carbonyl (C=O) groups excluding carboxylic acids is 1. The van der Waals surface area contributed by atoms with Crippen molar-refractivity contribution in [2.24, 2.45) is 5.92 Å². The van der Waals surface area contributed by atoms with E-state index in [1.54, 1.807) is 24.3 Å². The summed E-state index contributed by atoms with van der Waals surface area (Å²) < 4.78 is 27.5. The molecule has 1 amide bonds. The Hall–Kier alpha value is -2.18. The maximum absolute atomic E-state index is 12.4. The maximum atomic E-state index is 12.4. The van der Waals surface area contributed by atoms with Crippen LogP contribution in [0.3, 0.4) is 0 Å². The van der Waals surface area contributed by atoms with Gasteiger partial charge in [0.05, 0.1) is 4.90 Å². The first-order valence-corrected chi connectivity index (χ1v) is 9.68. The van der Waals surface area contributed by atoms with Gasteiger partial charge in [0.25, 0.3) is 0 Å². The second-order valence-corrected chi connectivity index (χ2v) is 8.15. The molecule has 5 nitrogen and oxygen atoms in total. The van der Waals surface area contributed by atoms with Crippen LogP contribution >= 0.6 is 0 Å². The number of hydrogen-bond acceptors (Lipinski definition) is 3. The molecule has 0 radical (unpaired) electrons. The molecule has 0 bridgehead atoms. The van der Waals surface area contributed by atoms with Gasteiger partial charge in [0, 0.05) is 18.7 Å². The van der Waals surface area contributed by atoms with Crippen LogP contribution in [0.5, 0.6) is 0 Å². The summed E-state index contributed by atoms with van der Waals surface area (Å²) in [5, 5.41) is 2.71. The third kappa shape index (κ3) is 5.14. The molecule has 0 fully saturated rings. The number of rotatable bonds is 6. The molecule has 134 valence electrons. The van der Waals surface area contributed by atoms with E-state index in [1.165, 1.54) is 6.92 Å². The molecule has 0 aromatic heterocycles. The number of amides is 1. The molecule has 0 heterocycles. The zero-order chi connectivity index (χ0) is 18.6. The summed E-state index contributed by atoms with van der Waals surface area (Å²) >= 11 is 0. The van der Waals surface area contributed by atoms with Crippen LogP contribution in [0.1, 0.15) is 27.7 Å². The smallest absolute Gasteiger partial charge is 0.240 e. The Balaban J connectivity index is 2.18. The van der Waals surface area contributed by atoms with E-state index in [0.717, 1.165) is 16.8 Å². The van der Waals surface area contributed by atoms with Crippen LogP contribution in [0, 0.1) is 5.92 Å². The fraction of sp³-hybridized carbons (Fsp3) is 0.316. The molecule has 6 heteroatoms. The van der Waals surface area contributed by atoms with Crippen LogP contribution < -0.4 is 10.0 Å². The molecule has 0 spiro atoms. The lowest BCUT2D eigenvalue weighted by molar-refractivity contribution is -0.114. The van der Waals surface area contributed by atoms with E-state index in [1.807, 2.05) is 45.0 Å². The van der Waals surface area contributed by atoms with Crippen molar-refractivity contribution in [3.8, 4) is 11.1 Å². The summed E-state index contributed by atoms with van der Waals surface area (Å²) in [6, 6.07) is 14.0. The molecule has 2 N–H and O–H groups in total. The van der Waals surface area contributed by atoms with Crippen molar-refractivity contribution in [1.82, 2.24) is 4.72 Å². The van der Waals surface area contributed by atoms with E-state index in [4.69, 9.17) is 0 Å². The van der Waals surface area contributed by atoms with E-state index in [9.17, 15) is 13.2 Å². The Morgan fingerprint density at radius 2 is 1.36 bits per heavy atom. The van der Waals surface area contributed by atoms with E-state index in [0.29, 0.717) is 0 Å². The summed E-state index contributed by atoms with van der Waals surface area (Å²) in [6.45, 7) is 7.26. The minimum Gasteiger partial charge on any atom is -0.326 e. The molecule has 1 unspecified atom stereocenters. The molecule has 25 heavy (non-hydrogen) atoms. The fourth-order valence-electron chi connectivity index (χ4n) is 2.22.